The second-order valence-electron chi connectivity index (χ2n) is 16.0. The number of anilines is 2. The van der Waals surface area contributed by atoms with Gasteiger partial charge in [-0.05, 0) is 80.0 Å². The van der Waals surface area contributed by atoms with Gasteiger partial charge in [0.25, 0.3) is 11.8 Å². The van der Waals surface area contributed by atoms with Gasteiger partial charge < -0.3 is 9.84 Å². The number of benzene rings is 2. The number of para-hydroxylation sites is 1. The third kappa shape index (κ3) is 6.19. The third-order valence-electron chi connectivity index (χ3n) is 12.8. The number of hydrazine groups is 1. The number of aliphatic hydroxyl groups excluding tert-OH is 1. The van der Waals surface area contributed by atoms with Gasteiger partial charge in [0.2, 0.25) is 11.8 Å². The number of imide groups is 2. The molecule has 0 bridgehead atoms. The average molecular weight is 894 g/mol. The van der Waals surface area contributed by atoms with Crippen LogP contribution < -0.4 is 14.6 Å². The second kappa shape index (κ2) is 14.7. The maximum atomic E-state index is 15.3. The standard InChI is InChI=1S/C43H37Cl2F3N6O6S/c1-20-25-17-21(44)9-13-31(25)61-36(20)29-19-33(51(3)50-29)53-39(57)27-18-26-22(35(42(27,2)41(53)59)23-7-5-6-8-30(23)60-16-15-55)10-11-24-34(26)40(58)54(38(24)56)52(4)37-28(45)12-14-32(49-37)43(46,47)48/h5-10,12-14,17,19,24,26-27,34-35,55H,11,15-16,18H2,1-4H3. The summed E-state index contributed by atoms with van der Waals surface area (Å²) in [5, 5.41) is 17.6. The number of hydrogen-bond acceptors (Lipinski definition) is 10. The van der Waals surface area contributed by atoms with Crippen LogP contribution in [0, 0.1) is 36.0 Å². The fourth-order valence-electron chi connectivity index (χ4n) is 9.99. The summed E-state index contributed by atoms with van der Waals surface area (Å²) in [6.45, 7) is 3.36. The Kier molecular flexibility index (Phi) is 9.88. The number of rotatable bonds is 8. The molecule has 4 aliphatic rings. The number of carbonyl (C=O) groups is 4. The van der Waals surface area contributed by atoms with Gasteiger partial charge in [-0.2, -0.15) is 23.3 Å². The van der Waals surface area contributed by atoms with Gasteiger partial charge in [-0.25, -0.2) is 9.88 Å². The number of thiophene rings is 1. The molecule has 2 aliphatic carbocycles. The zero-order chi connectivity index (χ0) is 43.4. The molecule has 5 aromatic rings. The van der Waals surface area contributed by atoms with Gasteiger partial charge in [0.1, 0.15) is 29.6 Å². The number of hydrogen-bond donors (Lipinski definition) is 1. The van der Waals surface area contributed by atoms with Gasteiger partial charge >= 0.3 is 6.18 Å². The fourth-order valence-corrected chi connectivity index (χ4v) is 11.5. The zero-order valence-electron chi connectivity index (χ0n) is 33.0. The topological polar surface area (TPSA) is 138 Å². The van der Waals surface area contributed by atoms with E-state index in [0.29, 0.717) is 33.7 Å². The van der Waals surface area contributed by atoms with Crippen molar-refractivity contribution in [2.75, 3.05) is 30.2 Å². The van der Waals surface area contributed by atoms with E-state index in [0.717, 1.165) is 36.6 Å². The SMILES string of the molecule is Cc1c(-c2cc(N3C(=O)C4CC5C(=CCC6C(=O)N(N(C)c7nc(C(F)(F)F)ccc7Cl)C(=O)C65)C(c5ccccc5OCCO)C4(C)C3=O)n(C)n2)sc2ccc(Cl)cc12. The van der Waals surface area contributed by atoms with Crippen LogP contribution in [-0.4, -0.2) is 68.8 Å². The van der Waals surface area contributed by atoms with Crippen LogP contribution in [0.5, 0.6) is 5.75 Å². The molecule has 12 nitrogen and oxygen atoms in total. The van der Waals surface area contributed by atoms with Crippen LogP contribution in [0.2, 0.25) is 10.0 Å². The molecule has 61 heavy (non-hydrogen) atoms. The summed E-state index contributed by atoms with van der Waals surface area (Å²) in [4.78, 5) is 64.9. The van der Waals surface area contributed by atoms with Crippen molar-refractivity contribution in [3.63, 3.8) is 0 Å². The fraction of sp³-hybridized carbons (Fsp3) is 0.349. The van der Waals surface area contributed by atoms with E-state index >= 15 is 9.59 Å². The highest BCUT2D eigenvalue weighted by Crippen LogP contribution is 2.64. The van der Waals surface area contributed by atoms with Crippen molar-refractivity contribution in [1.82, 2.24) is 19.8 Å². The number of amides is 4. The van der Waals surface area contributed by atoms with E-state index in [4.69, 9.17) is 33.0 Å². The first-order valence-electron chi connectivity index (χ1n) is 19.5. The lowest BCUT2D eigenvalue weighted by molar-refractivity contribution is -0.141. The predicted molar refractivity (Wildman–Crippen MR) is 222 cm³/mol. The third-order valence-corrected chi connectivity index (χ3v) is 14.6. The number of pyridine rings is 1. The van der Waals surface area contributed by atoms with Gasteiger partial charge in [-0.1, -0.05) is 53.1 Å². The van der Waals surface area contributed by atoms with E-state index < -0.39 is 76.3 Å². The lowest BCUT2D eigenvalue weighted by Gasteiger charge is -2.49. The maximum absolute atomic E-state index is 15.3. The number of carbonyl (C=O) groups excluding carboxylic acids is 4. The Morgan fingerprint density at radius 2 is 1.77 bits per heavy atom. The normalized spacial score (nSPS) is 25.0. The summed E-state index contributed by atoms with van der Waals surface area (Å²) < 4.78 is 49.7. The molecule has 18 heteroatoms. The van der Waals surface area contributed by atoms with Gasteiger partial charge in [-0.3, -0.25) is 28.9 Å². The molecule has 0 radical (unpaired) electrons. The first kappa shape index (κ1) is 41.1. The molecule has 6 atom stereocenters. The minimum absolute atomic E-state index is 0.0146. The van der Waals surface area contributed by atoms with Crippen molar-refractivity contribution in [1.29, 1.82) is 0 Å². The van der Waals surface area contributed by atoms with Gasteiger partial charge in [0.05, 0.1) is 39.7 Å². The van der Waals surface area contributed by atoms with E-state index in [1.54, 1.807) is 44.3 Å². The number of fused-ring (bicyclic) bond motifs is 5. The number of aryl methyl sites for hydroxylation is 2. The predicted octanol–water partition coefficient (Wildman–Crippen LogP) is 7.98. The molecule has 9 rings (SSSR count). The molecule has 3 aromatic heterocycles. The van der Waals surface area contributed by atoms with Crippen molar-refractivity contribution in [3.05, 3.63) is 99.2 Å². The Morgan fingerprint density at radius 3 is 2.51 bits per heavy atom. The van der Waals surface area contributed by atoms with Crippen molar-refractivity contribution < 1.29 is 42.2 Å². The Labute approximate surface area is 361 Å². The zero-order valence-corrected chi connectivity index (χ0v) is 35.4. The summed E-state index contributed by atoms with van der Waals surface area (Å²) in [6, 6.07) is 16.1. The largest absolute Gasteiger partial charge is 0.491 e. The first-order valence-corrected chi connectivity index (χ1v) is 21.0. The molecule has 1 saturated carbocycles. The van der Waals surface area contributed by atoms with E-state index in [-0.39, 0.29) is 36.9 Å². The molecule has 316 valence electrons. The number of aromatic nitrogens is 3. The molecular weight excluding hydrogens is 856 g/mol. The summed E-state index contributed by atoms with van der Waals surface area (Å²) in [5.41, 5.74) is 0.0248. The van der Waals surface area contributed by atoms with Crippen molar-refractivity contribution >= 4 is 79.9 Å². The van der Waals surface area contributed by atoms with Crippen LogP contribution >= 0.6 is 34.5 Å². The molecule has 3 fully saturated rings. The van der Waals surface area contributed by atoms with E-state index in [2.05, 4.69) is 4.98 Å². The molecule has 6 unspecified atom stereocenters. The minimum atomic E-state index is -4.82. The van der Waals surface area contributed by atoms with Gasteiger partial charge in [0, 0.05) is 41.4 Å². The van der Waals surface area contributed by atoms with E-state index in [1.807, 2.05) is 31.2 Å². The van der Waals surface area contributed by atoms with E-state index in [1.165, 1.54) is 28.0 Å². The number of nitrogens with zero attached hydrogens (tertiary/aromatic N) is 6. The smallest absolute Gasteiger partial charge is 0.433 e. The molecular formula is C43H37Cl2F3N6O6S. The van der Waals surface area contributed by atoms with Crippen molar-refractivity contribution in [2.24, 2.45) is 36.1 Å². The van der Waals surface area contributed by atoms with Crippen molar-refractivity contribution in [3.8, 4) is 16.3 Å². The molecule has 5 heterocycles. The van der Waals surface area contributed by atoms with Crippen LogP contribution in [0.15, 0.2) is 72.3 Å². The highest BCUT2D eigenvalue weighted by molar-refractivity contribution is 7.22. The Bertz CT molecular complexity index is 2740. The van der Waals surface area contributed by atoms with Gasteiger partial charge in [-0.15, -0.1) is 11.3 Å². The number of ether oxygens (including phenoxy) is 1. The quantitative estimate of drug-likeness (QED) is 0.121. The summed E-state index contributed by atoms with van der Waals surface area (Å²) >= 11 is 14.2. The lowest BCUT2D eigenvalue weighted by atomic mass is 9.51. The first-order chi connectivity index (χ1) is 29.0. The maximum Gasteiger partial charge on any atom is 0.433 e. The summed E-state index contributed by atoms with van der Waals surface area (Å²) in [6.07, 6.45) is -2.89. The van der Waals surface area contributed by atoms with E-state index in [9.17, 15) is 27.9 Å². The van der Waals surface area contributed by atoms with Crippen LogP contribution in [0.25, 0.3) is 20.7 Å². The van der Waals surface area contributed by atoms with Crippen LogP contribution in [0.3, 0.4) is 0 Å². The molecule has 2 aliphatic heterocycles. The number of aliphatic hydroxyl groups is 1. The Morgan fingerprint density at radius 1 is 1.02 bits per heavy atom. The van der Waals surface area contributed by atoms with Gasteiger partial charge in [0.15, 0.2) is 5.82 Å². The monoisotopic (exact) mass is 892 g/mol. The Balaban J connectivity index is 1.14. The highest BCUT2D eigenvalue weighted by Gasteiger charge is 2.68. The van der Waals surface area contributed by atoms with Crippen LogP contribution in [0.4, 0.5) is 24.8 Å². The second-order valence-corrected chi connectivity index (χ2v) is 17.9. The number of allylic oxidation sites excluding steroid dienone is 2. The highest BCUT2D eigenvalue weighted by atomic mass is 35.5. The minimum Gasteiger partial charge on any atom is -0.491 e. The van der Waals surface area contributed by atoms with Crippen molar-refractivity contribution in [2.45, 2.75) is 38.8 Å². The molecule has 2 aromatic carbocycles. The summed E-state index contributed by atoms with van der Waals surface area (Å²) in [5.74, 6) is -6.73. The number of alkyl halides is 3. The van der Waals surface area contributed by atoms with Crippen LogP contribution in [-0.2, 0) is 32.4 Å². The molecule has 1 N–H and O–H groups in total. The average Bonchev–Trinajstić information content (AvgIpc) is 3.89. The number of halogens is 5. The Hall–Kier alpha value is -5.29. The molecule has 4 amide bonds. The lowest BCUT2D eigenvalue weighted by Crippen LogP contribution is -2.49. The summed E-state index contributed by atoms with van der Waals surface area (Å²) in [7, 11) is 2.91. The van der Waals surface area contributed by atoms with Crippen LogP contribution in [0.1, 0.15) is 42.5 Å². The molecule has 0 spiro atoms. The molecule has 2 saturated heterocycles.